The molecule has 0 unspecified atom stereocenters. The second kappa shape index (κ2) is 9.26. The van der Waals surface area contributed by atoms with Gasteiger partial charge in [-0.3, -0.25) is 4.79 Å². The van der Waals surface area contributed by atoms with Crippen molar-refractivity contribution in [1.29, 1.82) is 0 Å². The van der Waals surface area contributed by atoms with Crippen LogP contribution >= 0.6 is 11.8 Å². The first-order valence-electron chi connectivity index (χ1n) is 7.80. The molecule has 1 N–H and O–H groups in total. The lowest BCUT2D eigenvalue weighted by molar-refractivity contribution is -0.120. The van der Waals surface area contributed by atoms with E-state index in [1.807, 2.05) is 31.2 Å². The van der Waals surface area contributed by atoms with E-state index in [4.69, 9.17) is 4.74 Å². The summed E-state index contributed by atoms with van der Waals surface area (Å²) in [6.45, 7) is 5.10. The topological polar surface area (TPSA) is 38.3 Å². The van der Waals surface area contributed by atoms with Gasteiger partial charge in [-0.15, -0.1) is 11.8 Å². The van der Waals surface area contributed by atoms with Gasteiger partial charge in [-0.2, -0.15) is 0 Å². The molecule has 0 saturated carbocycles. The van der Waals surface area contributed by atoms with Crippen LogP contribution in [0.2, 0.25) is 0 Å². The van der Waals surface area contributed by atoms with E-state index in [0.29, 0.717) is 19.6 Å². The van der Waals surface area contributed by atoms with E-state index in [1.54, 1.807) is 11.8 Å². The maximum atomic E-state index is 11.8. The van der Waals surface area contributed by atoms with Crippen molar-refractivity contribution in [3.8, 4) is 5.75 Å². The molecular weight excluding hydrogens is 306 g/mol. The van der Waals surface area contributed by atoms with Crippen LogP contribution in [0.3, 0.4) is 0 Å². The van der Waals surface area contributed by atoms with Gasteiger partial charge in [0.1, 0.15) is 12.4 Å². The molecule has 1 amide bonds. The molecule has 0 aliphatic heterocycles. The minimum absolute atomic E-state index is 0.0676. The lowest BCUT2D eigenvalue weighted by Gasteiger charge is -2.09. The number of amides is 1. The second-order valence-electron chi connectivity index (χ2n) is 5.38. The summed E-state index contributed by atoms with van der Waals surface area (Å²) in [5.41, 5.74) is 2.36. The Morgan fingerprint density at radius 1 is 1.09 bits per heavy atom. The average molecular weight is 329 g/mol. The van der Waals surface area contributed by atoms with E-state index >= 15 is 0 Å². The van der Waals surface area contributed by atoms with E-state index in [-0.39, 0.29) is 5.91 Å². The van der Waals surface area contributed by atoms with Crippen LogP contribution < -0.4 is 10.1 Å². The summed E-state index contributed by atoms with van der Waals surface area (Å²) in [7, 11) is 0. The number of rotatable bonds is 8. The standard InChI is InChI=1S/C19H23NO2S/c1-15-7-9-17(10-8-15)23-14-11-19(21)20-12-13-22-18-6-4-3-5-16(18)2/h3-10H,11-14H2,1-2H3,(H,20,21). The van der Waals surface area contributed by atoms with Gasteiger partial charge in [-0.1, -0.05) is 35.9 Å². The van der Waals surface area contributed by atoms with Gasteiger partial charge in [0.25, 0.3) is 0 Å². The predicted octanol–water partition coefficient (Wildman–Crippen LogP) is 3.98. The highest BCUT2D eigenvalue weighted by Crippen LogP contribution is 2.19. The Hall–Kier alpha value is -1.94. The highest BCUT2D eigenvalue weighted by Gasteiger charge is 2.02. The fraction of sp³-hybridized carbons (Fsp3) is 0.316. The molecule has 0 aliphatic rings. The van der Waals surface area contributed by atoms with E-state index in [9.17, 15) is 4.79 Å². The number of carbonyl (C=O) groups excluding carboxylic acids is 1. The molecule has 3 nitrogen and oxygen atoms in total. The number of carbonyl (C=O) groups is 1. The first kappa shape index (κ1) is 17.4. The first-order chi connectivity index (χ1) is 11.1. The number of hydrogen-bond acceptors (Lipinski definition) is 3. The number of ether oxygens (including phenoxy) is 1. The molecule has 0 saturated heterocycles. The number of nitrogens with one attached hydrogen (secondary N) is 1. The molecule has 0 fully saturated rings. The summed E-state index contributed by atoms with van der Waals surface area (Å²) in [4.78, 5) is 13.0. The smallest absolute Gasteiger partial charge is 0.220 e. The number of benzene rings is 2. The highest BCUT2D eigenvalue weighted by molar-refractivity contribution is 7.99. The minimum atomic E-state index is 0.0676. The summed E-state index contributed by atoms with van der Waals surface area (Å²) in [6, 6.07) is 16.2. The Bertz CT molecular complexity index is 626. The minimum Gasteiger partial charge on any atom is -0.491 e. The highest BCUT2D eigenvalue weighted by atomic mass is 32.2. The number of aryl methyl sites for hydroxylation is 2. The Morgan fingerprint density at radius 2 is 1.83 bits per heavy atom. The van der Waals surface area contributed by atoms with E-state index in [2.05, 4.69) is 36.5 Å². The van der Waals surface area contributed by atoms with Gasteiger partial charge >= 0.3 is 0 Å². The number of para-hydroxylation sites is 1. The average Bonchev–Trinajstić information content (AvgIpc) is 2.55. The van der Waals surface area contributed by atoms with Gasteiger partial charge in [0.05, 0.1) is 6.54 Å². The van der Waals surface area contributed by atoms with Gasteiger partial charge in [-0.05, 0) is 37.6 Å². The lowest BCUT2D eigenvalue weighted by atomic mass is 10.2. The molecule has 0 bridgehead atoms. The van der Waals surface area contributed by atoms with Crippen molar-refractivity contribution in [2.24, 2.45) is 0 Å². The molecule has 23 heavy (non-hydrogen) atoms. The van der Waals surface area contributed by atoms with E-state index in [0.717, 1.165) is 17.1 Å². The molecular formula is C19H23NO2S. The SMILES string of the molecule is Cc1ccc(SCCC(=O)NCCOc2ccccc2C)cc1. The van der Waals surface area contributed by atoms with Gasteiger partial charge in [0, 0.05) is 17.1 Å². The maximum Gasteiger partial charge on any atom is 0.220 e. The van der Waals surface area contributed by atoms with Crippen molar-refractivity contribution in [2.45, 2.75) is 25.2 Å². The number of thioether (sulfide) groups is 1. The molecule has 2 aromatic rings. The number of hydrogen-bond donors (Lipinski definition) is 1. The molecule has 122 valence electrons. The zero-order valence-electron chi connectivity index (χ0n) is 13.7. The molecule has 4 heteroatoms. The van der Waals surface area contributed by atoms with Crippen LogP contribution in [0, 0.1) is 13.8 Å². The van der Waals surface area contributed by atoms with Crippen LogP contribution in [0.5, 0.6) is 5.75 Å². The second-order valence-corrected chi connectivity index (χ2v) is 6.54. The van der Waals surface area contributed by atoms with Crippen molar-refractivity contribution in [3.05, 3.63) is 59.7 Å². The third kappa shape index (κ3) is 6.37. The molecule has 0 atom stereocenters. The predicted molar refractivity (Wildman–Crippen MR) is 96.2 cm³/mol. The van der Waals surface area contributed by atoms with Crippen LogP contribution in [0.15, 0.2) is 53.4 Å². The van der Waals surface area contributed by atoms with E-state index in [1.165, 1.54) is 10.5 Å². The molecule has 2 aromatic carbocycles. The Labute approximate surface area is 142 Å². The van der Waals surface area contributed by atoms with Crippen LogP contribution in [0.4, 0.5) is 0 Å². The van der Waals surface area contributed by atoms with Crippen LogP contribution in [0.1, 0.15) is 17.5 Å². The monoisotopic (exact) mass is 329 g/mol. The van der Waals surface area contributed by atoms with Crippen LogP contribution in [0.25, 0.3) is 0 Å². The van der Waals surface area contributed by atoms with Crippen LogP contribution in [-0.4, -0.2) is 24.8 Å². The largest absolute Gasteiger partial charge is 0.491 e. The van der Waals surface area contributed by atoms with Gasteiger partial charge in [0.2, 0.25) is 5.91 Å². The molecule has 0 aromatic heterocycles. The Morgan fingerprint density at radius 3 is 2.57 bits per heavy atom. The third-order valence-electron chi connectivity index (χ3n) is 3.39. The summed E-state index contributed by atoms with van der Waals surface area (Å²) >= 11 is 1.70. The van der Waals surface area contributed by atoms with Crippen molar-refractivity contribution < 1.29 is 9.53 Å². The fourth-order valence-corrected chi connectivity index (χ4v) is 2.91. The zero-order chi connectivity index (χ0) is 16.5. The quantitative estimate of drug-likeness (QED) is 0.588. The lowest BCUT2D eigenvalue weighted by Crippen LogP contribution is -2.28. The van der Waals surface area contributed by atoms with Gasteiger partial charge in [-0.25, -0.2) is 0 Å². The van der Waals surface area contributed by atoms with Crippen molar-refractivity contribution >= 4 is 17.7 Å². The zero-order valence-corrected chi connectivity index (χ0v) is 14.5. The summed E-state index contributed by atoms with van der Waals surface area (Å²) in [5.74, 6) is 1.72. The van der Waals surface area contributed by atoms with Crippen molar-refractivity contribution in [3.63, 3.8) is 0 Å². The molecule has 0 spiro atoms. The Kier molecular flexibility index (Phi) is 7.01. The van der Waals surface area contributed by atoms with E-state index < -0.39 is 0 Å². The summed E-state index contributed by atoms with van der Waals surface area (Å²) in [5, 5.41) is 2.89. The fourth-order valence-electron chi connectivity index (χ4n) is 2.05. The summed E-state index contributed by atoms with van der Waals surface area (Å²) in [6.07, 6.45) is 0.517. The van der Waals surface area contributed by atoms with Crippen LogP contribution in [-0.2, 0) is 4.79 Å². The Balaban J connectivity index is 1.58. The molecule has 0 radical (unpaired) electrons. The molecule has 2 rings (SSSR count). The summed E-state index contributed by atoms with van der Waals surface area (Å²) < 4.78 is 5.65. The van der Waals surface area contributed by atoms with Crippen molar-refractivity contribution in [2.75, 3.05) is 18.9 Å². The maximum absolute atomic E-state index is 11.8. The normalized spacial score (nSPS) is 10.3. The molecule has 0 aliphatic carbocycles. The van der Waals surface area contributed by atoms with Gasteiger partial charge < -0.3 is 10.1 Å². The third-order valence-corrected chi connectivity index (χ3v) is 4.41. The molecule has 0 heterocycles. The van der Waals surface area contributed by atoms with Crippen molar-refractivity contribution in [1.82, 2.24) is 5.32 Å². The first-order valence-corrected chi connectivity index (χ1v) is 8.78. The van der Waals surface area contributed by atoms with Gasteiger partial charge in [0.15, 0.2) is 0 Å².